The zero-order valence-electron chi connectivity index (χ0n) is 8.29. The number of aliphatic carboxylic acids is 1. The number of carboxylic acid groups (broad SMARTS) is 1. The molecule has 0 radical (unpaired) electrons. The van der Waals surface area contributed by atoms with Gasteiger partial charge in [-0.3, -0.25) is 4.79 Å². The van der Waals surface area contributed by atoms with Gasteiger partial charge in [0.2, 0.25) is 0 Å². The second-order valence-electron chi connectivity index (χ2n) is 3.23. The van der Waals surface area contributed by atoms with Gasteiger partial charge in [0.05, 0.1) is 6.42 Å². The van der Waals surface area contributed by atoms with Crippen LogP contribution in [0.15, 0.2) is 18.2 Å². The first-order valence-corrected chi connectivity index (χ1v) is 4.70. The van der Waals surface area contributed by atoms with E-state index in [0.29, 0.717) is 6.54 Å². The van der Waals surface area contributed by atoms with Crippen molar-refractivity contribution in [3.05, 3.63) is 34.9 Å². The van der Waals surface area contributed by atoms with Crippen LogP contribution in [-0.4, -0.2) is 11.1 Å². The number of hydrogen-bond donors (Lipinski definition) is 2. The molecule has 3 N–H and O–H groups in total. The van der Waals surface area contributed by atoms with Crippen molar-refractivity contribution in [2.75, 3.05) is 0 Å². The highest BCUT2D eigenvalue weighted by molar-refractivity contribution is 5.70. The molecule has 0 fully saturated rings. The van der Waals surface area contributed by atoms with E-state index in [1.165, 1.54) is 0 Å². The molecule has 3 heteroatoms. The van der Waals surface area contributed by atoms with Gasteiger partial charge < -0.3 is 10.8 Å². The van der Waals surface area contributed by atoms with Gasteiger partial charge in [0.25, 0.3) is 0 Å². The Balaban J connectivity index is 2.95. The third-order valence-corrected chi connectivity index (χ3v) is 2.23. The highest BCUT2D eigenvalue weighted by Gasteiger charge is 2.04. The lowest BCUT2D eigenvalue weighted by molar-refractivity contribution is -0.136. The fourth-order valence-corrected chi connectivity index (χ4v) is 1.49. The number of nitrogens with two attached hydrogens (primary N) is 1. The van der Waals surface area contributed by atoms with Gasteiger partial charge in [-0.05, 0) is 23.1 Å². The Kier molecular flexibility index (Phi) is 3.65. The molecule has 1 rings (SSSR count). The van der Waals surface area contributed by atoms with Crippen LogP contribution in [0.25, 0.3) is 0 Å². The maximum absolute atomic E-state index is 10.5. The standard InChI is InChI=1S/C11H15NO2/c1-2-9-5-8(6-11(13)14)3-4-10(9)7-12/h3-5H,2,6-7,12H2,1H3,(H,13,14). The van der Waals surface area contributed by atoms with Crippen LogP contribution in [0.5, 0.6) is 0 Å². The molecule has 0 aliphatic carbocycles. The normalized spacial score (nSPS) is 10.1. The average molecular weight is 193 g/mol. The number of rotatable bonds is 4. The summed E-state index contributed by atoms with van der Waals surface area (Å²) >= 11 is 0. The van der Waals surface area contributed by atoms with Crippen molar-refractivity contribution in [2.24, 2.45) is 5.73 Å². The molecular formula is C11H15NO2. The van der Waals surface area contributed by atoms with E-state index in [0.717, 1.165) is 23.1 Å². The number of carboxylic acids is 1. The lowest BCUT2D eigenvalue weighted by Crippen LogP contribution is -2.04. The Labute approximate surface area is 83.6 Å². The SMILES string of the molecule is CCc1cc(CC(=O)O)ccc1CN. The molecule has 0 aliphatic heterocycles. The van der Waals surface area contributed by atoms with Crippen LogP contribution in [0, 0.1) is 0 Å². The molecule has 0 aromatic heterocycles. The van der Waals surface area contributed by atoms with Crippen molar-refractivity contribution in [3.63, 3.8) is 0 Å². The molecule has 1 aromatic rings. The predicted molar refractivity (Wildman–Crippen MR) is 55.1 cm³/mol. The topological polar surface area (TPSA) is 63.3 Å². The lowest BCUT2D eigenvalue weighted by atomic mass is 10.0. The van der Waals surface area contributed by atoms with Crippen molar-refractivity contribution in [1.29, 1.82) is 0 Å². The smallest absolute Gasteiger partial charge is 0.307 e. The molecular weight excluding hydrogens is 178 g/mol. The second-order valence-corrected chi connectivity index (χ2v) is 3.23. The summed E-state index contributed by atoms with van der Waals surface area (Å²) in [7, 11) is 0. The van der Waals surface area contributed by atoms with E-state index in [-0.39, 0.29) is 6.42 Å². The van der Waals surface area contributed by atoms with E-state index >= 15 is 0 Å². The van der Waals surface area contributed by atoms with E-state index in [2.05, 4.69) is 0 Å². The van der Waals surface area contributed by atoms with Crippen LogP contribution in [0.3, 0.4) is 0 Å². The molecule has 1 aromatic carbocycles. The number of carbonyl (C=O) groups is 1. The van der Waals surface area contributed by atoms with Crippen LogP contribution < -0.4 is 5.73 Å². The van der Waals surface area contributed by atoms with E-state index < -0.39 is 5.97 Å². The van der Waals surface area contributed by atoms with E-state index in [4.69, 9.17) is 10.8 Å². The zero-order valence-corrected chi connectivity index (χ0v) is 8.29. The summed E-state index contributed by atoms with van der Waals surface area (Å²) in [5, 5.41) is 8.63. The second kappa shape index (κ2) is 4.77. The molecule has 0 unspecified atom stereocenters. The minimum atomic E-state index is -0.799. The maximum Gasteiger partial charge on any atom is 0.307 e. The largest absolute Gasteiger partial charge is 0.481 e. The van der Waals surface area contributed by atoms with Gasteiger partial charge in [0.1, 0.15) is 0 Å². The minimum absolute atomic E-state index is 0.0812. The molecule has 0 aliphatic rings. The number of hydrogen-bond acceptors (Lipinski definition) is 2. The van der Waals surface area contributed by atoms with Crippen LogP contribution in [0.2, 0.25) is 0 Å². The first-order valence-electron chi connectivity index (χ1n) is 4.70. The van der Waals surface area contributed by atoms with Crippen LogP contribution in [0.1, 0.15) is 23.6 Å². The quantitative estimate of drug-likeness (QED) is 0.758. The summed E-state index contributed by atoms with van der Waals surface area (Å²) in [5.74, 6) is -0.799. The minimum Gasteiger partial charge on any atom is -0.481 e. The summed E-state index contributed by atoms with van der Waals surface area (Å²) in [4.78, 5) is 10.5. The summed E-state index contributed by atoms with van der Waals surface area (Å²) < 4.78 is 0. The van der Waals surface area contributed by atoms with Crippen LogP contribution in [-0.2, 0) is 24.2 Å². The number of aryl methyl sites for hydroxylation is 1. The Bertz CT molecular complexity index is 334. The summed E-state index contributed by atoms with van der Waals surface area (Å²) in [6, 6.07) is 5.67. The molecule has 0 saturated heterocycles. The highest BCUT2D eigenvalue weighted by atomic mass is 16.4. The summed E-state index contributed by atoms with van der Waals surface area (Å²) in [5.41, 5.74) is 8.64. The van der Waals surface area contributed by atoms with Crippen molar-refractivity contribution in [2.45, 2.75) is 26.3 Å². The van der Waals surface area contributed by atoms with Gasteiger partial charge in [-0.15, -0.1) is 0 Å². The lowest BCUT2D eigenvalue weighted by Gasteiger charge is -2.07. The van der Waals surface area contributed by atoms with E-state index in [1.54, 1.807) is 0 Å². The average Bonchev–Trinajstić information content (AvgIpc) is 2.16. The van der Waals surface area contributed by atoms with Gasteiger partial charge in [-0.25, -0.2) is 0 Å². The number of benzene rings is 1. The van der Waals surface area contributed by atoms with Gasteiger partial charge in [-0.2, -0.15) is 0 Å². The summed E-state index contributed by atoms with van der Waals surface area (Å²) in [6.07, 6.45) is 0.970. The highest BCUT2D eigenvalue weighted by Crippen LogP contribution is 2.13. The Morgan fingerprint density at radius 3 is 2.64 bits per heavy atom. The third-order valence-electron chi connectivity index (χ3n) is 2.23. The first-order chi connectivity index (χ1) is 6.67. The molecule has 0 saturated carbocycles. The Hall–Kier alpha value is -1.35. The molecule has 3 nitrogen and oxygen atoms in total. The van der Waals surface area contributed by atoms with Crippen molar-refractivity contribution >= 4 is 5.97 Å². The van der Waals surface area contributed by atoms with Crippen molar-refractivity contribution in [1.82, 2.24) is 0 Å². The molecule has 14 heavy (non-hydrogen) atoms. The fraction of sp³-hybridized carbons (Fsp3) is 0.364. The van der Waals surface area contributed by atoms with Gasteiger partial charge >= 0.3 is 5.97 Å². The Morgan fingerprint density at radius 2 is 2.14 bits per heavy atom. The third kappa shape index (κ3) is 2.57. The van der Waals surface area contributed by atoms with E-state index in [9.17, 15) is 4.79 Å². The van der Waals surface area contributed by atoms with Gasteiger partial charge in [-0.1, -0.05) is 25.1 Å². The molecule has 0 heterocycles. The molecule has 0 atom stereocenters. The Morgan fingerprint density at radius 1 is 1.43 bits per heavy atom. The van der Waals surface area contributed by atoms with Crippen LogP contribution in [0.4, 0.5) is 0 Å². The molecule has 76 valence electrons. The molecule has 0 spiro atoms. The van der Waals surface area contributed by atoms with Gasteiger partial charge in [0, 0.05) is 6.54 Å². The molecule has 0 amide bonds. The zero-order chi connectivity index (χ0) is 10.6. The summed E-state index contributed by atoms with van der Waals surface area (Å²) in [6.45, 7) is 2.55. The monoisotopic (exact) mass is 193 g/mol. The first kappa shape index (κ1) is 10.7. The maximum atomic E-state index is 10.5. The van der Waals surface area contributed by atoms with Crippen LogP contribution >= 0.6 is 0 Å². The van der Waals surface area contributed by atoms with Gasteiger partial charge in [0.15, 0.2) is 0 Å². The predicted octanol–water partition coefficient (Wildman–Crippen LogP) is 1.33. The van der Waals surface area contributed by atoms with E-state index in [1.807, 2.05) is 25.1 Å². The fourth-order valence-electron chi connectivity index (χ4n) is 1.49. The molecule has 0 bridgehead atoms. The van der Waals surface area contributed by atoms with Crippen molar-refractivity contribution in [3.8, 4) is 0 Å². The van der Waals surface area contributed by atoms with Crippen molar-refractivity contribution < 1.29 is 9.90 Å².